The third kappa shape index (κ3) is 2.38. The van der Waals surface area contributed by atoms with Crippen LogP contribution in [0.4, 0.5) is 5.69 Å². The summed E-state index contributed by atoms with van der Waals surface area (Å²) in [5, 5.41) is 13.6. The van der Waals surface area contributed by atoms with E-state index in [-0.39, 0.29) is 11.8 Å². The van der Waals surface area contributed by atoms with Crippen molar-refractivity contribution < 1.29 is 4.79 Å². The number of alkyl halides is 1. The number of fused-ring (bicyclic) bond motifs is 1. The van der Waals surface area contributed by atoms with Crippen molar-refractivity contribution in [3.05, 3.63) is 42.0 Å². The molecular weight excluding hydrogens is 236 g/mol. The van der Waals surface area contributed by atoms with Crippen LogP contribution < -0.4 is 5.32 Å². The van der Waals surface area contributed by atoms with Crippen molar-refractivity contribution in [3.63, 3.8) is 0 Å². The quantitative estimate of drug-likeness (QED) is 0.826. The van der Waals surface area contributed by atoms with Gasteiger partial charge in [-0.2, -0.15) is 5.26 Å². The van der Waals surface area contributed by atoms with E-state index < -0.39 is 0 Å². The summed E-state index contributed by atoms with van der Waals surface area (Å²) in [6.45, 7) is 0. The highest BCUT2D eigenvalue weighted by molar-refractivity contribution is 6.29. The van der Waals surface area contributed by atoms with Gasteiger partial charge >= 0.3 is 0 Å². The van der Waals surface area contributed by atoms with Crippen LogP contribution in [0, 0.1) is 11.3 Å². The van der Waals surface area contributed by atoms with Crippen LogP contribution >= 0.6 is 11.6 Å². The largest absolute Gasteiger partial charge is 0.324 e. The molecule has 0 spiro atoms. The van der Waals surface area contributed by atoms with Gasteiger partial charge in [-0.05, 0) is 22.9 Å². The second-order valence-electron chi connectivity index (χ2n) is 3.54. The van der Waals surface area contributed by atoms with Crippen LogP contribution in [0.2, 0.25) is 0 Å². The minimum absolute atomic E-state index is 0.127. The number of carbonyl (C=O) groups is 1. The zero-order valence-electron chi connectivity index (χ0n) is 8.90. The van der Waals surface area contributed by atoms with Crippen LogP contribution in [-0.2, 0) is 4.79 Å². The Morgan fingerprint density at radius 3 is 2.53 bits per heavy atom. The number of nitrogens with one attached hydrogen (secondary N) is 1. The SMILES string of the molecule is N#Cc1cc2ccccc2cc1NC(=O)CCl. The number of hydrogen-bond acceptors (Lipinski definition) is 2. The van der Waals surface area contributed by atoms with E-state index >= 15 is 0 Å². The maximum atomic E-state index is 11.2. The van der Waals surface area contributed by atoms with Crippen LogP contribution in [0.1, 0.15) is 5.56 Å². The summed E-state index contributed by atoms with van der Waals surface area (Å²) in [7, 11) is 0. The average molecular weight is 245 g/mol. The Labute approximate surface area is 104 Å². The van der Waals surface area contributed by atoms with Gasteiger partial charge < -0.3 is 5.32 Å². The Hall–Kier alpha value is -2.05. The molecule has 0 saturated heterocycles. The van der Waals surface area contributed by atoms with Gasteiger partial charge in [-0.15, -0.1) is 11.6 Å². The van der Waals surface area contributed by atoms with Crippen molar-refractivity contribution in [1.82, 2.24) is 0 Å². The molecule has 0 radical (unpaired) electrons. The first kappa shape index (κ1) is 11.4. The maximum Gasteiger partial charge on any atom is 0.239 e. The Morgan fingerprint density at radius 1 is 1.29 bits per heavy atom. The second-order valence-corrected chi connectivity index (χ2v) is 3.81. The summed E-state index contributed by atoms with van der Waals surface area (Å²) in [5.41, 5.74) is 0.930. The average Bonchev–Trinajstić information content (AvgIpc) is 2.37. The summed E-state index contributed by atoms with van der Waals surface area (Å²) in [6, 6.07) is 13.2. The van der Waals surface area contributed by atoms with Crippen LogP contribution in [0.5, 0.6) is 0 Å². The molecule has 2 aromatic rings. The van der Waals surface area contributed by atoms with Gasteiger partial charge in [0.05, 0.1) is 11.3 Å². The Morgan fingerprint density at radius 2 is 1.94 bits per heavy atom. The van der Waals surface area contributed by atoms with Crippen molar-refractivity contribution in [3.8, 4) is 6.07 Å². The predicted molar refractivity (Wildman–Crippen MR) is 68.0 cm³/mol. The van der Waals surface area contributed by atoms with Gasteiger partial charge in [0.2, 0.25) is 5.91 Å². The molecule has 4 heteroatoms. The van der Waals surface area contributed by atoms with Crippen LogP contribution in [0.15, 0.2) is 36.4 Å². The number of anilines is 1. The fourth-order valence-electron chi connectivity index (χ4n) is 1.62. The van der Waals surface area contributed by atoms with Crippen LogP contribution in [-0.4, -0.2) is 11.8 Å². The minimum atomic E-state index is -0.321. The number of hydrogen-bond donors (Lipinski definition) is 1. The molecule has 0 atom stereocenters. The molecule has 0 heterocycles. The highest BCUT2D eigenvalue weighted by Crippen LogP contribution is 2.23. The summed E-state index contributed by atoms with van der Waals surface area (Å²) >= 11 is 5.42. The van der Waals surface area contributed by atoms with Gasteiger partial charge in [0.15, 0.2) is 0 Å². The molecule has 0 aromatic heterocycles. The smallest absolute Gasteiger partial charge is 0.239 e. The molecule has 2 rings (SSSR count). The Bertz CT molecular complexity index is 616. The zero-order valence-corrected chi connectivity index (χ0v) is 9.66. The first-order valence-corrected chi connectivity index (χ1v) is 5.57. The molecule has 1 amide bonds. The highest BCUT2D eigenvalue weighted by atomic mass is 35.5. The van der Waals surface area contributed by atoms with E-state index in [2.05, 4.69) is 11.4 Å². The molecule has 17 heavy (non-hydrogen) atoms. The molecular formula is C13H9ClN2O. The van der Waals surface area contributed by atoms with E-state index in [1.54, 1.807) is 12.1 Å². The topological polar surface area (TPSA) is 52.9 Å². The molecule has 0 unspecified atom stereocenters. The molecule has 0 bridgehead atoms. The van der Waals surface area contributed by atoms with Crippen LogP contribution in [0.3, 0.4) is 0 Å². The molecule has 0 aliphatic rings. The van der Waals surface area contributed by atoms with Crippen molar-refractivity contribution in [2.75, 3.05) is 11.2 Å². The van der Waals surface area contributed by atoms with E-state index in [9.17, 15) is 4.79 Å². The first-order chi connectivity index (χ1) is 8.24. The van der Waals surface area contributed by atoms with Crippen molar-refractivity contribution in [1.29, 1.82) is 5.26 Å². The van der Waals surface area contributed by atoms with Crippen molar-refractivity contribution >= 4 is 34.0 Å². The lowest BCUT2D eigenvalue weighted by Gasteiger charge is -2.07. The maximum absolute atomic E-state index is 11.2. The third-order valence-electron chi connectivity index (χ3n) is 2.40. The lowest BCUT2D eigenvalue weighted by atomic mass is 10.1. The molecule has 0 aliphatic heterocycles. The van der Waals surface area contributed by atoms with E-state index in [0.717, 1.165) is 10.8 Å². The Kier molecular flexibility index (Phi) is 3.27. The monoisotopic (exact) mass is 244 g/mol. The number of benzene rings is 2. The number of rotatable bonds is 2. The number of carbonyl (C=O) groups excluding carboxylic acids is 1. The summed E-state index contributed by atoms with van der Waals surface area (Å²) in [5.74, 6) is -0.448. The van der Waals surface area contributed by atoms with Gasteiger partial charge in [-0.3, -0.25) is 4.79 Å². The molecule has 0 saturated carbocycles. The van der Waals surface area contributed by atoms with Gasteiger partial charge in [-0.25, -0.2) is 0 Å². The predicted octanol–water partition coefficient (Wildman–Crippen LogP) is 2.89. The molecule has 3 nitrogen and oxygen atoms in total. The Balaban J connectivity index is 2.54. The molecule has 0 fully saturated rings. The van der Waals surface area contributed by atoms with Crippen LogP contribution in [0.25, 0.3) is 10.8 Å². The fourth-order valence-corrected chi connectivity index (χ4v) is 1.69. The van der Waals surface area contributed by atoms with Gasteiger partial charge in [0, 0.05) is 0 Å². The lowest BCUT2D eigenvalue weighted by molar-refractivity contribution is -0.113. The number of amides is 1. The lowest BCUT2D eigenvalue weighted by Crippen LogP contribution is -2.13. The van der Waals surface area contributed by atoms with E-state index in [1.807, 2.05) is 24.3 Å². The van der Waals surface area contributed by atoms with Gasteiger partial charge in [-0.1, -0.05) is 24.3 Å². The summed E-state index contributed by atoms with van der Waals surface area (Å²) in [4.78, 5) is 11.2. The summed E-state index contributed by atoms with van der Waals surface area (Å²) in [6.07, 6.45) is 0. The standard InChI is InChI=1S/C13H9ClN2O/c14-7-13(17)16-12-6-10-4-2-1-3-9(10)5-11(12)8-15/h1-6H,7H2,(H,16,17). The van der Waals surface area contributed by atoms with Crippen molar-refractivity contribution in [2.45, 2.75) is 0 Å². The van der Waals surface area contributed by atoms with E-state index in [1.165, 1.54) is 0 Å². The zero-order chi connectivity index (χ0) is 12.3. The molecule has 0 aliphatic carbocycles. The number of nitriles is 1. The highest BCUT2D eigenvalue weighted by Gasteiger charge is 2.07. The second kappa shape index (κ2) is 4.86. The van der Waals surface area contributed by atoms with Gasteiger partial charge in [0.1, 0.15) is 11.9 Å². The third-order valence-corrected chi connectivity index (χ3v) is 2.64. The van der Waals surface area contributed by atoms with E-state index in [4.69, 9.17) is 16.9 Å². The van der Waals surface area contributed by atoms with E-state index in [0.29, 0.717) is 11.3 Å². The van der Waals surface area contributed by atoms with Gasteiger partial charge in [0.25, 0.3) is 0 Å². The fraction of sp³-hybridized carbons (Fsp3) is 0.0769. The number of halogens is 1. The molecule has 2 aromatic carbocycles. The normalized spacial score (nSPS) is 9.88. The molecule has 1 N–H and O–H groups in total. The van der Waals surface area contributed by atoms with Crippen molar-refractivity contribution in [2.24, 2.45) is 0 Å². The summed E-state index contributed by atoms with van der Waals surface area (Å²) < 4.78 is 0. The number of nitrogens with zero attached hydrogens (tertiary/aromatic N) is 1. The first-order valence-electron chi connectivity index (χ1n) is 5.03. The minimum Gasteiger partial charge on any atom is -0.324 e. The molecule has 84 valence electrons.